The molecule has 1 N–H and O–H groups in total. The maximum absolute atomic E-state index is 9.59. The second-order valence-corrected chi connectivity index (χ2v) is 8.15. The summed E-state index contributed by atoms with van der Waals surface area (Å²) in [5, 5.41) is 14.1. The number of aromatic nitrogens is 2. The number of hydrogen-bond acceptors (Lipinski definition) is 5. The molecule has 2 aliphatic heterocycles. The van der Waals surface area contributed by atoms with Gasteiger partial charge in [0, 0.05) is 62.7 Å². The normalized spacial score (nSPS) is 24.4. The molecule has 2 aliphatic rings. The Balaban J connectivity index is 1.60. The average molecular weight is 364 g/mol. The lowest BCUT2D eigenvalue weighted by atomic mass is 9.98. The monoisotopic (exact) mass is 363 g/mol. The highest BCUT2D eigenvalue weighted by Gasteiger charge is 2.33. The minimum absolute atomic E-state index is 0.287. The fourth-order valence-electron chi connectivity index (χ4n) is 4.61. The van der Waals surface area contributed by atoms with Crippen LogP contribution in [0.3, 0.4) is 0 Å². The first-order chi connectivity index (χ1) is 12.6. The van der Waals surface area contributed by atoms with Crippen LogP contribution in [0, 0.1) is 6.92 Å². The van der Waals surface area contributed by atoms with Crippen LogP contribution in [0.25, 0.3) is 0 Å². The number of rotatable bonds is 7. The van der Waals surface area contributed by atoms with Crippen molar-refractivity contribution in [2.45, 2.75) is 64.7 Å². The summed E-state index contributed by atoms with van der Waals surface area (Å²) in [5.41, 5.74) is 2.66. The molecule has 0 saturated carbocycles. The highest BCUT2D eigenvalue weighted by Crippen LogP contribution is 2.24. The lowest BCUT2D eigenvalue weighted by Crippen LogP contribution is -2.58. The van der Waals surface area contributed by atoms with Gasteiger partial charge in [-0.05, 0) is 52.7 Å². The Hall–Kier alpha value is -0.950. The van der Waals surface area contributed by atoms with Crippen LogP contribution in [0.1, 0.15) is 43.9 Å². The Morgan fingerprint density at radius 2 is 1.96 bits per heavy atom. The highest BCUT2D eigenvalue weighted by atomic mass is 16.3. The van der Waals surface area contributed by atoms with Gasteiger partial charge < -0.3 is 10.0 Å². The van der Waals surface area contributed by atoms with Crippen molar-refractivity contribution in [3.8, 4) is 0 Å². The van der Waals surface area contributed by atoms with Gasteiger partial charge in [0.15, 0.2) is 0 Å². The van der Waals surface area contributed by atoms with Gasteiger partial charge in [-0.3, -0.25) is 14.5 Å². The third kappa shape index (κ3) is 4.66. The maximum Gasteiger partial charge on any atom is 0.0537 e. The van der Waals surface area contributed by atoms with Crippen molar-refractivity contribution in [1.29, 1.82) is 0 Å². The van der Waals surface area contributed by atoms with E-state index in [1.165, 1.54) is 37.2 Å². The lowest BCUT2D eigenvalue weighted by Gasteiger charge is -2.47. The molecule has 0 aliphatic carbocycles. The van der Waals surface area contributed by atoms with E-state index in [9.17, 15) is 5.11 Å². The Morgan fingerprint density at radius 1 is 1.19 bits per heavy atom. The van der Waals surface area contributed by atoms with Crippen LogP contribution < -0.4 is 0 Å². The molecule has 0 bridgehead atoms. The molecule has 3 rings (SSSR count). The summed E-state index contributed by atoms with van der Waals surface area (Å²) in [6, 6.07) is 1.17. The molecule has 6 heteroatoms. The first-order valence-electron chi connectivity index (χ1n) is 10.4. The third-order valence-corrected chi connectivity index (χ3v) is 6.27. The summed E-state index contributed by atoms with van der Waals surface area (Å²) in [4.78, 5) is 7.70. The van der Waals surface area contributed by atoms with Crippen LogP contribution >= 0.6 is 0 Å². The van der Waals surface area contributed by atoms with Crippen molar-refractivity contribution in [3.63, 3.8) is 0 Å². The summed E-state index contributed by atoms with van der Waals surface area (Å²) in [7, 11) is 2.22. The van der Waals surface area contributed by atoms with E-state index in [2.05, 4.69) is 51.6 Å². The van der Waals surface area contributed by atoms with Gasteiger partial charge in [-0.1, -0.05) is 6.92 Å². The first-order valence-corrected chi connectivity index (χ1v) is 10.4. The van der Waals surface area contributed by atoms with Gasteiger partial charge in [-0.25, -0.2) is 0 Å². The number of aliphatic hydroxyl groups excluding tert-OH is 1. The number of piperidine rings is 1. The van der Waals surface area contributed by atoms with Gasteiger partial charge in [0.2, 0.25) is 0 Å². The van der Waals surface area contributed by atoms with Gasteiger partial charge >= 0.3 is 0 Å². The molecule has 2 saturated heterocycles. The van der Waals surface area contributed by atoms with E-state index in [4.69, 9.17) is 0 Å². The van der Waals surface area contributed by atoms with Crippen LogP contribution in [0.15, 0.2) is 6.20 Å². The summed E-state index contributed by atoms with van der Waals surface area (Å²) in [5.74, 6) is 0. The number of piperazine rings is 1. The Bertz CT molecular complexity index is 552. The predicted molar refractivity (Wildman–Crippen MR) is 105 cm³/mol. The van der Waals surface area contributed by atoms with E-state index in [-0.39, 0.29) is 6.61 Å². The van der Waals surface area contributed by atoms with E-state index in [1.54, 1.807) is 0 Å². The molecule has 0 unspecified atom stereocenters. The lowest BCUT2D eigenvalue weighted by molar-refractivity contribution is 0.00593. The topological polar surface area (TPSA) is 47.8 Å². The van der Waals surface area contributed by atoms with Gasteiger partial charge in [0.25, 0.3) is 0 Å². The SMILES string of the molecule is CCCn1ncc(CN2CCN(C3CCN(C)CC3)[C@@H](CCO)C2)c1C. The van der Waals surface area contributed by atoms with Gasteiger partial charge in [0.05, 0.1) is 6.20 Å². The number of likely N-dealkylation sites (tertiary alicyclic amines) is 1. The van der Waals surface area contributed by atoms with E-state index >= 15 is 0 Å². The molecule has 0 aromatic carbocycles. The molecule has 0 radical (unpaired) electrons. The van der Waals surface area contributed by atoms with Crippen LogP contribution in [0.5, 0.6) is 0 Å². The molecule has 0 amide bonds. The molecule has 0 spiro atoms. The van der Waals surface area contributed by atoms with Crippen molar-refractivity contribution in [3.05, 3.63) is 17.5 Å². The van der Waals surface area contributed by atoms with Crippen molar-refractivity contribution in [1.82, 2.24) is 24.5 Å². The quantitative estimate of drug-likeness (QED) is 0.797. The summed E-state index contributed by atoms with van der Waals surface area (Å²) >= 11 is 0. The molecule has 1 aromatic heterocycles. The van der Waals surface area contributed by atoms with Crippen LogP contribution in [0.2, 0.25) is 0 Å². The molecule has 26 heavy (non-hydrogen) atoms. The zero-order chi connectivity index (χ0) is 18.5. The summed E-state index contributed by atoms with van der Waals surface area (Å²) < 4.78 is 2.13. The molecular weight excluding hydrogens is 326 g/mol. The predicted octanol–water partition coefficient (Wildman–Crippen LogP) is 1.56. The molecule has 6 nitrogen and oxygen atoms in total. The molecular formula is C20H37N5O. The van der Waals surface area contributed by atoms with Crippen molar-refractivity contribution in [2.75, 3.05) is 46.4 Å². The van der Waals surface area contributed by atoms with E-state index < -0.39 is 0 Å². The second-order valence-electron chi connectivity index (χ2n) is 8.15. The number of aliphatic hydroxyl groups is 1. The van der Waals surface area contributed by atoms with Crippen LogP contribution in [-0.2, 0) is 13.1 Å². The van der Waals surface area contributed by atoms with Gasteiger partial charge in [-0.15, -0.1) is 0 Å². The Kier molecular flexibility index (Phi) is 7.09. The van der Waals surface area contributed by atoms with E-state index in [1.807, 2.05) is 0 Å². The Morgan fingerprint density at radius 3 is 2.65 bits per heavy atom. The zero-order valence-electron chi connectivity index (χ0n) is 16.9. The van der Waals surface area contributed by atoms with Crippen molar-refractivity contribution < 1.29 is 5.11 Å². The maximum atomic E-state index is 9.59. The van der Waals surface area contributed by atoms with Crippen molar-refractivity contribution >= 4 is 0 Å². The van der Waals surface area contributed by atoms with Gasteiger partial charge in [0.1, 0.15) is 0 Å². The smallest absolute Gasteiger partial charge is 0.0537 e. The van der Waals surface area contributed by atoms with Crippen LogP contribution in [-0.4, -0.2) is 88.0 Å². The molecule has 1 aromatic rings. The number of aryl methyl sites for hydroxylation is 1. The number of nitrogens with zero attached hydrogens (tertiary/aromatic N) is 5. The van der Waals surface area contributed by atoms with Crippen LogP contribution in [0.4, 0.5) is 0 Å². The standard InChI is InChI=1S/C20H37N5O/c1-4-8-25-17(2)18(14-21-25)15-23-11-12-24(20(16-23)7-13-26)19-5-9-22(3)10-6-19/h14,19-20,26H,4-13,15-16H2,1-3H3/t20-/m0/s1. The fraction of sp³-hybridized carbons (Fsp3) is 0.850. The third-order valence-electron chi connectivity index (χ3n) is 6.27. The molecule has 148 valence electrons. The highest BCUT2D eigenvalue weighted by molar-refractivity contribution is 5.16. The van der Waals surface area contributed by atoms with E-state index in [0.29, 0.717) is 12.1 Å². The average Bonchev–Trinajstić information content (AvgIpc) is 2.97. The summed E-state index contributed by atoms with van der Waals surface area (Å²) in [6.45, 7) is 12.4. The van der Waals surface area contributed by atoms with E-state index in [0.717, 1.165) is 45.6 Å². The molecule has 2 fully saturated rings. The minimum Gasteiger partial charge on any atom is -0.396 e. The second kappa shape index (κ2) is 9.31. The fourth-order valence-corrected chi connectivity index (χ4v) is 4.61. The number of hydrogen-bond donors (Lipinski definition) is 1. The zero-order valence-corrected chi connectivity index (χ0v) is 16.9. The van der Waals surface area contributed by atoms with Crippen molar-refractivity contribution in [2.24, 2.45) is 0 Å². The summed E-state index contributed by atoms with van der Waals surface area (Å²) in [6.07, 6.45) is 6.59. The first kappa shape index (κ1) is 19.8. The van der Waals surface area contributed by atoms with Gasteiger partial charge in [-0.2, -0.15) is 5.10 Å². The minimum atomic E-state index is 0.287. The molecule has 1 atom stereocenters. The largest absolute Gasteiger partial charge is 0.396 e. The molecule has 3 heterocycles. The Labute approximate surface area is 158 Å².